The second kappa shape index (κ2) is 26.3. The van der Waals surface area contributed by atoms with Crippen molar-refractivity contribution >= 4 is 25.9 Å². The van der Waals surface area contributed by atoms with Crippen molar-refractivity contribution in [2.45, 2.75) is 146 Å². The molecule has 2 aromatic heterocycles. The summed E-state index contributed by atoms with van der Waals surface area (Å²) in [6.07, 6.45) is 16.9. The smallest absolute Gasteiger partial charge is 0.387 e. The van der Waals surface area contributed by atoms with Crippen LogP contribution in [0, 0.1) is 0 Å². The first-order valence-electron chi connectivity index (χ1n) is 22.7. The summed E-state index contributed by atoms with van der Waals surface area (Å²) >= 11 is 0. The van der Waals surface area contributed by atoms with Crippen molar-refractivity contribution < 1.29 is 42.9 Å². The Labute approximate surface area is 367 Å². The molecule has 1 saturated heterocycles. The SMILES string of the molecule is C=NC[C@@]1(c2ccc3c(N)ncnn23)O[C@H](COP(=O)(O)OC[C@@H](COCCCCCCCCCCCCCCCCCC)OCc2ccc(-c3ccccc3)cc2)[C@@H](O)[C@H]1O. The number of anilines is 1. The molecule has 5 rings (SSSR count). The Bertz CT molecular complexity index is 1920. The molecule has 342 valence electrons. The number of aliphatic hydroxyl groups is 2. The summed E-state index contributed by atoms with van der Waals surface area (Å²) in [5.74, 6) is 0.202. The second-order valence-electron chi connectivity index (χ2n) is 16.5. The fraction of sp³-hybridized carbons (Fsp3) is 0.596. The van der Waals surface area contributed by atoms with E-state index in [2.05, 4.69) is 40.8 Å². The minimum atomic E-state index is -4.71. The number of nitrogens with two attached hydrogens (primary N) is 1. The van der Waals surface area contributed by atoms with Crippen LogP contribution in [0.1, 0.15) is 121 Å². The van der Waals surface area contributed by atoms with Crippen LogP contribution in [0.4, 0.5) is 5.82 Å². The van der Waals surface area contributed by atoms with E-state index in [9.17, 15) is 19.7 Å². The van der Waals surface area contributed by atoms with Crippen molar-refractivity contribution in [3.05, 3.63) is 84.3 Å². The summed E-state index contributed by atoms with van der Waals surface area (Å²) in [5, 5.41) is 26.6. The third-order valence-electron chi connectivity index (χ3n) is 11.6. The highest BCUT2D eigenvalue weighted by atomic mass is 31.2. The van der Waals surface area contributed by atoms with Gasteiger partial charge in [0, 0.05) is 6.61 Å². The fourth-order valence-corrected chi connectivity index (χ4v) is 8.78. The second-order valence-corrected chi connectivity index (χ2v) is 17.9. The molecule has 0 saturated carbocycles. The molecule has 0 bridgehead atoms. The van der Waals surface area contributed by atoms with E-state index in [-0.39, 0.29) is 32.2 Å². The molecule has 0 spiro atoms. The minimum absolute atomic E-state index is 0.147. The van der Waals surface area contributed by atoms with Gasteiger partial charge >= 0.3 is 7.82 Å². The molecule has 1 aliphatic heterocycles. The van der Waals surface area contributed by atoms with Crippen molar-refractivity contribution in [1.29, 1.82) is 0 Å². The zero-order valence-electron chi connectivity index (χ0n) is 36.6. The lowest BCUT2D eigenvalue weighted by Gasteiger charge is -2.30. The van der Waals surface area contributed by atoms with Crippen molar-refractivity contribution in [3.8, 4) is 11.1 Å². The molecular formula is C47H70N5O9P. The molecule has 2 aromatic carbocycles. The summed E-state index contributed by atoms with van der Waals surface area (Å²) in [5.41, 5.74) is 8.30. The van der Waals surface area contributed by atoms with Crippen molar-refractivity contribution in [1.82, 2.24) is 14.6 Å². The molecule has 6 atom stereocenters. The Hall–Kier alpha value is -3.56. The number of hydrogen-bond donors (Lipinski definition) is 4. The molecule has 0 amide bonds. The summed E-state index contributed by atoms with van der Waals surface area (Å²) in [7, 11) is -4.71. The number of aliphatic imine (C=N–C) groups is 1. The predicted octanol–water partition coefficient (Wildman–Crippen LogP) is 8.99. The van der Waals surface area contributed by atoms with Gasteiger partial charge in [0.25, 0.3) is 0 Å². The predicted molar refractivity (Wildman–Crippen MR) is 243 cm³/mol. The van der Waals surface area contributed by atoms with Crippen LogP contribution in [0.2, 0.25) is 0 Å². The Morgan fingerprint density at radius 2 is 1.45 bits per heavy atom. The quantitative estimate of drug-likeness (QED) is 0.0207. The molecule has 0 radical (unpaired) electrons. The number of aromatic nitrogens is 3. The normalized spacial score (nSPS) is 20.4. The first-order valence-corrected chi connectivity index (χ1v) is 24.2. The first-order chi connectivity index (χ1) is 30.2. The zero-order valence-corrected chi connectivity index (χ0v) is 37.5. The Morgan fingerprint density at radius 1 is 0.839 bits per heavy atom. The van der Waals surface area contributed by atoms with Gasteiger partial charge in [-0.3, -0.25) is 14.0 Å². The lowest BCUT2D eigenvalue weighted by atomic mass is 9.91. The van der Waals surface area contributed by atoms with Crippen LogP contribution in [0.3, 0.4) is 0 Å². The van der Waals surface area contributed by atoms with Gasteiger partial charge in [-0.1, -0.05) is 158 Å². The van der Waals surface area contributed by atoms with Gasteiger partial charge in [-0.05, 0) is 42.0 Å². The topological polar surface area (TPSA) is 192 Å². The molecule has 4 aromatic rings. The first kappa shape index (κ1) is 49.5. The number of nitrogens with zero attached hydrogens (tertiary/aromatic N) is 4. The van der Waals surface area contributed by atoms with Crippen molar-refractivity contribution in [3.63, 3.8) is 0 Å². The largest absolute Gasteiger partial charge is 0.472 e. The summed E-state index contributed by atoms with van der Waals surface area (Å²) in [6.45, 7) is 5.68. The van der Waals surface area contributed by atoms with Crippen LogP contribution >= 0.6 is 7.82 Å². The van der Waals surface area contributed by atoms with Crippen LogP contribution in [-0.2, 0) is 40.0 Å². The highest BCUT2D eigenvalue weighted by molar-refractivity contribution is 7.47. The molecule has 5 N–H and O–H groups in total. The maximum Gasteiger partial charge on any atom is 0.472 e. The molecule has 3 heterocycles. The lowest BCUT2D eigenvalue weighted by Crippen LogP contribution is -2.44. The number of unbranched alkanes of at least 4 members (excludes halogenated alkanes) is 15. The molecule has 15 heteroatoms. The van der Waals surface area contributed by atoms with Gasteiger partial charge in [0.05, 0.1) is 38.7 Å². The third kappa shape index (κ3) is 15.0. The van der Waals surface area contributed by atoms with E-state index in [1.807, 2.05) is 42.5 Å². The van der Waals surface area contributed by atoms with E-state index < -0.39 is 44.4 Å². The van der Waals surface area contributed by atoms with E-state index in [1.54, 1.807) is 12.1 Å². The van der Waals surface area contributed by atoms with Gasteiger partial charge in [0.1, 0.15) is 36.3 Å². The lowest BCUT2D eigenvalue weighted by molar-refractivity contribution is -0.0953. The highest BCUT2D eigenvalue weighted by Gasteiger charge is 2.57. The zero-order chi connectivity index (χ0) is 44.0. The fourth-order valence-electron chi connectivity index (χ4n) is 8.02. The molecule has 1 unspecified atom stereocenters. The Morgan fingerprint density at radius 3 is 2.08 bits per heavy atom. The van der Waals surface area contributed by atoms with Crippen LogP contribution in [0.5, 0.6) is 0 Å². The third-order valence-corrected chi connectivity index (χ3v) is 12.6. The number of ether oxygens (including phenoxy) is 3. The molecule has 0 aliphatic carbocycles. The number of nitrogen functional groups attached to an aromatic ring is 1. The Balaban J connectivity index is 1.06. The van der Waals surface area contributed by atoms with Crippen LogP contribution in [0.25, 0.3) is 16.6 Å². The van der Waals surface area contributed by atoms with Gasteiger partial charge in [-0.2, -0.15) is 5.10 Å². The van der Waals surface area contributed by atoms with Gasteiger partial charge in [-0.25, -0.2) is 14.1 Å². The monoisotopic (exact) mass is 879 g/mol. The van der Waals surface area contributed by atoms with Gasteiger partial charge in [0.15, 0.2) is 11.4 Å². The molecule has 62 heavy (non-hydrogen) atoms. The van der Waals surface area contributed by atoms with Crippen molar-refractivity contribution in [2.24, 2.45) is 4.99 Å². The van der Waals surface area contributed by atoms with E-state index in [4.69, 9.17) is 29.0 Å². The molecule has 14 nitrogen and oxygen atoms in total. The highest BCUT2D eigenvalue weighted by Crippen LogP contribution is 2.46. The van der Waals surface area contributed by atoms with Crippen molar-refractivity contribution in [2.75, 3.05) is 38.7 Å². The van der Waals surface area contributed by atoms with E-state index in [0.29, 0.717) is 17.8 Å². The van der Waals surface area contributed by atoms with Gasteiger partial charge < -0.3 is 35.1 Å². The summed E-state index contributed by atoms with van der Waals surface area (Å²) in [6, 6.07) is 21.4. The average molecular weight is 880 g/mol. The maximum absolute atomic E-state index is 13.2. The Kier molecular flexibility index (Phi) is 21.0. The van der Waals surface area contributed by atoms with Crippen LogP contribution in [-0.4, -0.2) is 93.8 Å². The van der Waals surface area contributed by atoms with E-state index >= 15 is 0 Å². The molecule has 1 fully saturated rings. The number of rotatable bonds is 32. The molecular weight excluding hydrogens is 810 g/mol. The number of phosphoric acid groups is 1. The number of aliphatic hydroxyl groups excluding tert-OH is 2. The number of fused-ring (bicyclic) bond motifs is 1. The van der Waals surface area contributed by atoms with Crippen LogP contribution in [0.15, 0.2) is 78.0 Å². The minimum Gasteiger partial charge on any atom is -0.387 e. The van der Waals surface area contributed by atoms with Crippen LogP contribution < -0.4 is 5.73 Å². The number of benzene rings is 2. The standard InChI is InChI=1S/C47H70N5O9P/c1-3-4-5-6-7-8-9-10-11-12-13-14-15-16-17-21-30-57-32-40(58-31-37-24-26-39(27-25-37)38-22-19-18-20-23-38)33-59-62(55,56)60-34-42-44(53)45(54)47(61-42,35-49-2)43-29-28-41-46(48)50-36-51-52(41)43/h18-20,22-29,36,40,42,44-45,53-54H,2-17,21,30-35H2,1H3,(H,55,56)(H2,48,50,51)/t40-,42-,44-,45-,47+/m1/s1. The van der Waals surface area contributed by atoms with Gasteiger partial charge in [-0.15, -0.1) is 0 Å². The van der Waals surface area contributed by atoms with E-state index in [1.165, 1.54) is 101 Å². The average Bonchev–Trinajstić information content (AvgIpc) is 3.83. The van der Waals surface area contributed by atoms with E-state index in [0.717, 1.165) is 29.5 Å². The van der Waals surface area contributed by atoms with Gasteiger partial charge in [0.2, 0.25) is 0 Å². The summed E-state index contributed by atoms with van der Waals surface area (Å²) < 4.78 is 43.8. The number of phosphoric ester groups is 1. The maximum atomic E-state index is 13.2. The molecule has 1 aliphatic rings. The summed E-state index contributed by atoms with van der Waals surface area (Å²) in [4.78, 5) is 18.7. The number of hydrogen-bond acceptors (Lipinski definition) is 12.